The van der Waals surface area contributed by atoms with E-state index in [2.05, 4.69) is 10.6 Å². The molecule has 0 bridgehead atoms. The van der Waals surface area contributed by atoms with E-state index in [4.69, 9.17) is 0 Å². The first-order valence-corrected chi connectivity index (χ1v) is 7.80. The number of anilines is 1. The SMILES string of the molecule is CSc1ccccc1NC(=O)NC(C)(C)C(C)(C)C(=O)O. The smallest absolute Gasteiger partial charge is 0.319 e. The number of hydrogen-bond donors (Lipinski definition) is 3. The maximum Gasteiger partial charge on any atom is 0.319 e. The molecule has 0 saturated heterocycles. The minimum absolute atomic E-state index is 0.421. The zero-order valence-electron chi connectivity index (χ0n) is 13.0. The summed E-state index contributed by atoms with van der Waals surface area (Å²) in [5.41, 5.74) is -1.30. The fourth-order valence-electron chi connectivity index (χ4n) is 1.61. The number of para-hydroxylation sites is 1. The second kappa shape index (κ2) is 6.39. The Balaban J connectivity index is 2.84. The lowest BCUT2D eigenvalue weighted by atomic mass is 9.74. The summed E-state index contributed by atoms with van der Waals surface area (Å²) < 4.78 is 0. The molecule has 0 radical (unpaired) electrons. The summed E-state index contributed by atoms with van der Waals surface area (Å²) in [4.78, 5) is 24.4. The average molecular weight is 310 g/mol. The van der Waals surface area contributed by atoms with Gasteiger partial charge in [-0.2, -0.15) is 0 Å². The summed E-state index contributed by atoms with van der Waals surface area (Å²) in [5, 5.41) is 14.8. The molecule has 3 N–H and O–H groups in total. The number of rotatable bonds is 5. The highest BCUT2D eigenvalue weighted by Crippen LogP contribution is 2.31. The molecule has 1 rings (SSSR count). The van der Waals surface area contributed by atoms with Gasteiger partial charge >= 0.3 is 12.0 Å². The van der Waals surface area contributed by atoms with E-state index in [1.807, 2.05) is 24.5 Å². The number of carboxylic acids is 1. The largest absolute Gasteiger partial charge is 0.481 e. The van der Waals surface area contributed by atoms with Crippen molar-refractivity contribution in [2.45, 2.75) is 38.1 Å². The first kappa shape index (κ1) is 17.4. The molecule has 0 aliphatic rings. The molecule has 5 nitrogen and oxygen atoms in total. The third kappa shape index (κ3) is 3.91. The quantitative estimate of drug-likeness (QED) is 0.728. The number of hydrogen-bond acceptors (Lipinski definition) is 3. The molecule has 21 heavy (non-hydrogen) atoms. The Morgan fingerprint density at radius 3 is 2.24 bits per heavy atom. The van der Waals surface area contributed by atoms with Gasteiger partial charge in [-0.1, -0.05) is 12.1 Å². The molecule has 1 aromatic rings. The molecule has 0 heterocycles. The van der Waals surface area contributed by atoms with Gasteiger partial charge in [0, 0.05) is 4.90 Å². The first-order valence-electron chi connectivity index (χ1n) is 6.57. The summed E-state index contributed by atoms with van der Waals surface area (Å²) in [7, 11) is 0. The van der Waals surface area contributed by atoms with Crippen molar-refractivity contribution in [1.82, 2.24) is 5.32 Å². The molecule has 0 saturated carbocycles. The van der Waals surface area contributed by atoms with Crippen molar-refractivity contribution in [1.29, 1.82) is 0 Å². The normalized spacial score (nSPS) is 11.9. The number of carbonyl (C=O) groups is 2. The van der Waals surface area contributed by atoms with Crippen LogP contribution in [0.4, 0.5) is 10.5 Å². The number of urea groups is 1. The maximum atomic E-state index is 12.1. The number of benzene rings is 1. The molecule has 0 spiro atoms. The van der Waals surface area contributed by atoms with Gasteiger partial charge in [0.25, 0.3) is 0 Å². The molecule has 116 valence electrons. The molecule has 1 aromatic carbocycles. The van der Waals surface area contributed by atoms with E-state index in [0.717, 1.165) is 4.90 Å². The van der Waals surface area contributed by atoms with Crippen LogP contribution in [0.2, 0.25) is 0 Å². The maximum absolute atomic E-state index is 12.1. The summed E-state index contributed by atoms with van der Waals surface area (Å²) >= 11 is 1.53. The van der Waals surface area contributed by atoms with E-state index in [-0.39, 0.29) is 0 Å². The molecule has 0 aromatic heterocycles. The summed E-state index contributed by atoms with van der Waals surface area (Å²) in [6.45, 7) is 6.57. The highest BCUT2D eigenvalue weighted by Gasteiger charge is 2.44. The molecule has 2 amide bonds. The van der Waals surface area contributed by atoms with Gasteiger partial charge in [0.2, 0.25) is 0 Å². The Morgan fingerprint density at radius 1 is 1.14 bits per heavy atom. The Kier molecular flexibility index (Phi) is 5.28. The van der Waals surface area contributed by atoms with Gasteiger partial charge in [0.1, 0.15) is 0 Å². The summed E-state index contributed by atoms with van der Waals surface area (Å²) in [6.07, 6.45) is 1.93. The number of nitrogens with one attached hydrogen (secondary N) is 2. The zero-order chi connectivity index (χ0) is 16.3. The third-order valence-electron chi connectivity index (χ3n) is 3.88. The van der Waals surface area contributed by atoms with Crippen LogP contribution in [-0.2, 0) is 4.79 Å². The first-order chi connectivity index (χ1) is 9.61. The van der Waals surface area contributed by atoms with Crippen molar-refractivity contribution in [3.05, 3.63) is 24.3 Å². The molecule has 0 atom stereocenters. The fourth-order valence-corrected chi connectivity index (χ4v) is 2.16. The van der Waals surface area contributed by atoms with Crippen LogP contribution < -0.4 is 10.6 Å². The van der Waals surface area contributed by atoms with Crippen LogP contribution in [0.25, 0.3) is 0 Å². The predicted molar refractivity (Wildman–Crippen MR) is 85.9 cm³/mol. The van der Waals surface area contributed by atoms with E-state index in [0.29, 0.717) is 5.69 Å². The molecule has 0 aliphatic carbocycles. The lowest BCUT2D eigenvalue weighted by molar-refractivity contribution is -0.150. The number of aliphatic carboxylic acids is 1. The van der Waals surface area contributed by atoms with E-state index in [1.165, 1.54) is 11.8 Å². The van der Waals surface area contributed by atoms with Gasteiger partial charge < -0.3 is 15.7 Å². The zero-order valence-corrected chi connectivity index (χ0v) is 13.8. The highest BCUT2D eigenvalue weighted by molar-refractivity contribution is 7.98. The number of thioether (sulfide) groups is 1. The Hall–Kier alpha value is -1.69. The lowest BCUT2D eigenvalue weighted by Crippen LogP contribution is -2.57. The van der Waals surface area contributed by atoms with Crippen LogP contribution in [0.3, 0.4) is 0 Å². The van der Waals surface area contributed by atoms with Crippen LogP contribution >= 0.6 is 11.8 Å². The van der Waals surface area contributed by atoms with Crippen molar-refractivity contribution in [3.63, 3.8) is 0 Å². The van der Waals surface area contributed by atoms with Crippen molar-refractivity contribution in [2.75, 3.05) is 11.6 Å². The van der Waals surface area contributed by atoms with E-state index >= 15 is 0 Å². The van der Waals surface area contributed by atoms with Crippen LogP contribution in [-0.4, -0.2) is 28.9 Å². The van der Waals surface area contributed by atoms with E-state index in [9.17, 15) is 14.7 Å². The molecule has 0 aliphatic heterocycles. The second-order valence-electron chi connectivity index (χ2n) is 5.83. The minimum atomic E-state index is -1.09. The van der Waals surface area contributed by atoms with Gasteiger partial charge in [-0.05, 0) is 46.1 Å². The van der Waals surface area contributed by atoms with Gasteiger partial charge in [-0.15, -0.1) is 11.8 Å². The molecular weight excluding hydrogens is 288 g/mol. The number of carboxylic acid groups (broad SMARTS) is 1. The summed E-state index contributed by atoms with van der Waals surface area (Å²) in [5.74, 6) is -0.961. The Morgan fingerprint density at radius 2 is 1.71 bits per heavy atom. The third-order valence-corrected chi connectivity index (χ3v) is 4.67. The molecule has 0 fully saturated rings. The van der Waals surface area contributed by atoms with E-state index < -0.39 is 23.0 Å². The molecule has 6 heteroatoms. The van der Waals surface area contributed by atoms with Gasteiger partial charge in [0.15, 0.2) is 0 Å². The fraction of sp³-hybridized carbons (Fsp3) is 0.467. The molecule has 0 unspecified atom stereocenters. The van der Waals surface area contributed by atoms with Gasteiger partial charge in [-0.25, -0.2) is 4.79 Å². The second-order valence-corrected chi connectivity index (χ2v) is 6.68. The standard InChI is InChI=1S/C15H22N2O3S/c1-14(2,12(18)19)15(3,4)17-13(20)16-10-8-6-7-9-11(10)21-5/h6-9H,1-5H3,(H,18,19)(H2,16,17,20). The van der Waals surface area contributed by atoms with Crippen LogP contribution in [0.1, 0.15) is 27.7 Å². The van der Waals surface area contributed by atoms with Gasteiger partial charge in [0.05, 0.1) is 16.6 Å². The predicted octanol–water partition coefficient (Wildman–Crippen LogP) is 3.42. The Labute approximate surface area is 129 Å². The van der Waals surface area contributed by atoms with Crippen LogP contribution in [0, 0.1) is 5.41 Å². The van der Waals surface area contributed by atoms with Crippen LogP contribution in [0.5, 0.6) is 0 Å². The average Bonchev–Trinajstić information content (AvgIpc) is 2.38. The van der Waals surface area contributed by atoms with Crippen molar-refractivity contribution in [2.24, 2.45) is 5.41 Å². The summed E-state index contributed by atoms with van der Waals surface area (Å²) in [6, 6.07) is 7.03. The minimum Gasteiger partial charge on any atom is -0.481 e. The van der Waals surface area contributed by atoms with E-state index in [1.54, 1.807) is 33.8 Å². The van der Waals surface area contributed by atoms with Crippen molar-refractivity contribution in [3.8, 4) is 0 Å². The Bertz CT molecular complexity index is 541. The number of carbonyl (C=O) groups excluding carboxylic acids is 1. The monoisotopic (exact) mass is 310 g/mol. The lowest BCUT2D eigenvalue weighted by Gasteiger charge is -2.38. The molecular formula is C15H22N2O3S. The number of amides is 2. The van der Waals surface area contributed by atoms with Crippen LogP contribution in [0.15, 0.2) is 29.2 Å². The van der Waals surface area contributed by atoms with Gasteiger partial charge in [-0.3, -0.25) is 4.79 Å². The van der Waals surface area contributed by atoms with Crippen molar-refractivity contribution >= 4 is 29.4 Å². The van der Waals surface area contributed by atoms with Crippen molar-refractivity contribution < 1.29 is 14.7 Å². The topological polar surface area (TPSA) is 78.4 Å². The highest BCUT2D eigenvalue weighted by atomic mass is 32.2.